The highest BCUT2D eigenvalue weighted by Gasteiger charge is 2.69. The molecule has 0 aromatic rings. The zero-order valence-corrected chi connectivity index (χ0v) is 21.4. The van der Waals surface area contributed by atoms with Gasteiger partial charge in [0, 0.05) is 24.3 Å². The molecule has 2 saturated carbocycles. The molecule has 188 valence electrons. The van der Waals surface area contributed by atoms with E-state index in [1.54, 1.807) is 0 Å². The van der Waals surface area contributed by atoms with Crippen LogP contribution in [-0.2, 0) is 19.1 Å². The summed E-state index contributed by atoms with van der Waals surface area (Å²) in [6.07, 6.45) is 6.13. The molecule has 2 aliphatic carbocycles. The lowest BCUT2D eigenvalue weighted by atomic mass is 9.40. The average molecular weight is 465 g/mol. The van der Waals surface area contributed by atoms with Gasteiger partial charge in [-0.1, -0.05) is 47.5 Å². The lowest BCUT2D eigenvalue weighted by Crippen LogP contribution is -2.72. The number of hydrogen-bond acceptors (Lipinski definition) is 6. The quantitative estimate of drug-likeness (QED) is 0.512. The number of hydrogen-bond donors (Lipinski definition) is 2. The van der Waals surface area contributed by atoms with Crippen LogP contribution in [0.3, 0.4) is 0 Å². The summed E-state index contributed by atoms with van der Waals surface area (Å²) >= 11 is 0. The molecule has 6 heteroatoms. The van der Waals surface area contributed by atoms with Gasteiger partial charge in [-0.2, -0.15) is 0 Å². The van der Waals surface area contributed by atoms with E-state index in [2.05, 4.69) is 27.7 Å². The molecule has 1 heterocycles. The first kappa shape index (κ1) is 26.2. The minimum absolute atomic E-state index is 0.151. The number of carbonyl (C=O) groups is 2. The van der Waals surface area contributed by atoms with Crippen LogP contribution in [0.15, 0.2) is 11.6 Å². The summed E-state index contributed by atoms with van der Waals surface area (Å²) in [5, 5.41) is 24.3. The molecule has 0 saturated heterocycles. The van der Waals surface area contributed by atoms with Crippen molar-refractivity contribution in [2.45, 2.75) is 111 Å². The third kappa shape index (κ3) is 4.88. The highest BCUT2D eigenvalue weighted by Crippen LogP contribution is 2.66. The largest absolute Gasteiger partial charge is 0.462 e. The molecular formula is C27H44O6. The maximum Gasteiger partial charge on any atom is 0.331 e. The van der Waals surface area contributed by atoms with Crippen molar-refractivity contribution in [3.8, 4) is 0 Å². The predicted octanol–water partition coefficient (Wildman–Crippen LogP) is 4.56. The van der Waals surface area contributed by atoms with Crippen LogP contribution in [-0.4, -0.2) is 46.6 Å². The zero-order chi connectivity index (χ0) is 24.6. The van der Waals surface area contributed by atoms with Gasteiger partial charge in [0.2, 0.25) is 0 Å². The van der Waals surface area contributed by atoms with E-state index in [0.29, 0.717) is 38.0 Å². The summed E-state index contributed by atoms with van der Waals surface area (Å²) in [5.41, 5.74) is -1.24. The van der Waals surface area contributed by atoms with Gasteiger partial charge in [0.15, 0.2) is 0 Å². The van der Waals surface area contributed by atoms with Crippen molar-refractivity contribution < 1.29 is 29.3 Å². The second kappa shape index (κ2) is 9.69. The second-order valence-electron chi connectivity index (χ2n) is 12.0. The average Bonchev–Trinajstić information content (AvgIpc) is 3.12. The Morgan fingerprint density at radius 3 is 2.58 bits per heavy atom. The first-order valence-corrected chi connectivity index (χ1v) is 12.8. The lowest BCUT2D eigenvalue weighted by Gasteiger charge is -2.67. The minimum atomic E-state index is -1.14. The van der Waals surface area contributed by atoms with Crippen molar-refractivity contribution in [3.05, 3.63) is 11.6 Å². The number of fused-ring (bicyclic) bond motifs is 1. The normalized spacial score (nSPS) is 38.0. The van der Waals surface area contributed by atoms with Gasteiger partial charge in [-0.3, -0.25) is 4.79 Å². The molecule has 3 rings (SSSR count). The molecule has 0 radical (unpaired) electrons. The first-order valence-electron chi connectivity index (χ1n) is 12.8. The van der Waals surface area contributed by atoms with E-state index in [-0.39, 0.29) is 41.9 Å². The van der Waals surface area contributed by atoms with Crippen LogP contribution in [0.25, 0.3) is 0 Å². The minimum Gasteiger partial charge on any atom is -0.462 e. The van der Waals surface area contributed by atoms with Crippen LogP contribution in [0, 0.1) is 28.6 Å². The predicted molar refractivity (Wildman–Crippen MR) is 126 cm³/mol. The number of rotatable bonds is 8. The van der Waals surface area contributed by atoms with Gasteiger partial charge in [-0.15, -0.1) is 0 Å². The van der Waals surface area contributed by atoms with Crippen LogP contribution >= 0.6 is 0 Å². The third-order valence-corrected chi connectivity index (χ3v) is 8.87. The van der Waals surface area contributed by atoms with E-state index in [1.807, 2.05) is 6.92 Å². The Morgan fingerprint density at radius 2 is 2.00 bits per heavy atom. The Balaban J connectivity index is 2.07. The zero-order valence-electron chi connectivity index (χ0n) is 21.4. The van der Waals surface area contributed by atoms with Crippen LogP contribution in [0.5, 0.6) is 0 Å². The number of carbonyl (C=O) groups excluding carboxylic acids is 2. The van der Waals surface area contributed by atoms with Crippen molar-refractivity contribution in [3.63, 3.8) is 0 Å². The third-order valence-electron chi connectivity index (χ3n) is 8.87. The van der Waals surface area contributed by atoms with Crippen LogP contribution in [0.4, 0.5) is 0 Å². The molecule has 2 N–H and O–H groups in total. The fourth-order valence-corrected chi connectivity index (χ4v) is 7.42. The molecule has 33 heavy (non-hydrogen) atoms. The van der Waals surface area contributed by atoms with Crippen LogP contribution < -0.4 is 0 Å². The Labute approximate surface area is 199 Å². The van der Waals surface area contributed by atoms with Gasteiger partial charge in [-0.25, -0.2) is 4.79 Å². The summed E-state index contributed by atoms with van der Waals surface area (Å²) in [7, 11) is 0. The lowest BCUT2D eigenvalue weighted by molar-refractivity contribution is -0.291. The Bertz CT molecular complexity index is 771. The van der Waals surface area contributed by atoms with Gasteiger partial charge >= 0.3 is 11.9 Å². The van der Waals surface area contributed by atoms with Gasteiger partial charge in [0.1, 0.15) is 12.7 Å². The van der Waals surface area contributed by atoms with Gasteiger partial charge in [0.25, 0.3) is 0 Å². The summed E-state index contributed by atoms with van der Waals surface area (Å²) < 4.78 is 11.0. The number of cyclic esters (lactones) is 1. The van der Waals surface area contributed by atoms with E-state index in [0.717, 1.165) is 24.8 Å². The molecule has 0 spiro atoms. The van der Waals surface area contributed by atoms with Crippen molar-refractivity contribution in [2.75, 3.05) is 6.61 Å². The Kier molecular flexibility index (Phi) is 7.70. The van der Waals surface area contributed by atoms with E-state index in [1.165, 1.54) is 13.0 Å². The SMILES string of the molecule is CC(=O)OC1CC(C)C(O)(CCC2=CC(=O)OC2)C2(CCCC(C)C)C(O)CCC(C)(C)C12. The van der Waals surface area contributed by atoms with E-state index in [4.69, 9.17) is 9.47 Å². The monoisotopic (exact) mass is 464 g/mol. The van der Waals surface area contributed by atoms with Crippen molar-refractivity contribution in [1.29, 1.82) is 0 Å². The standard InChI is InChI=1S/C27H44O6/c1-17(2)8-7-11-26-22(29)10-12-25(5,6)24(26)21(33-19(4)28)14-18(3)27(26,31)13-9-20-15-23(30)32-16-20/h15,17-18,21-22,24,29,31H,7-14,16H2,1-6H3. The van der Waals surface area contributed by atoms with E-state index >= 15 is 0 Å². The molecule has 6 atom stereocenters. The van der Waals surface area contributed by atoms with Crippen molar-refractivity contribution >= 4 is 11.9 Å². The fourth-order valence-electron chi connectivity index (χ4n) is 7.42. The molecule has 0 aromatic heterocycles. The molecule has 0 bridgehead atoms. The second-order valence-corrected chi connectivity index (χ2v) is 12.0. The van der Waals surface area contributed by atoms with Crippen molar-refractivity contribution in [1.82, 2.24) is 0 Å². The van der Waals surface area contributed by atoms with Gasteiger partial charge in [0.05, 0.1) is 11.7 Å². The number of esters is 2. The van der Waals surface area contributed by atoms with Crippen molar-refractivity contribution in [2.24, 2.45) is 28.6 Å². The number of aliphatic hydroxyl groups excluding tert-OH is 1. The highest BCUT2D eigenvalue weighted by atomic mass is 16.5. The maximum absolute atomic E-state index is 12.6. The molecule has 1 aliphatic heterocycles. The molecule has 0 amide bonds. The molecule has 2 fully saturated rings. The van der Waals surface area contributed by atoms with Crippen LogP contribution in [0.2, 0.25) is 0 Å². The topological polar surface area (TPSA) is 93.1 Å². The van der Waals surface area contributed by atoms with Gasteiger partial charge in [-0.05, 0) is 61.3 Å². The Hall–Kier alpha value is -1.40. The summed E-state index contributed by atoms with van der Waals surface area (Å²) in [6, 6.07) is 0. The van der Waals surface area contributed by atoms with E-state index < -0.39 is 17.1 Å². The highest BCUT2D eigenvalue weighted by molar-refractivity contribution is 5.85. The summed E-state index contributed by atoms with van der Waals surface area (Å²) in [6.45, 7) is 12.5. The molecule has 6 unspecified atom stereocenters. The fraction of sp³-hybridized carbons (Fsp3) is 0.852. The smallest absolute Gasteiger partial charge is 0.331 e. The molecule has 0 aromatic carbocycles. The first-order chi connectivity index (χ1) is 15.3. The number of ether oxygens (including phenoxy) is 2. The molecule has 6 nitrogen and oxygen atoms in total. The molecular weight excluding hydrogens is 420 g/mol. The number of aliphatic hydroxyl groups is 2. The van der Waals surface area contributed by atoms with E-state index in [9.17, 15) is 19.8 Å². The van der Waals surface area contributed by atoms with Gasteiger partial charge < -0.3 is 19.7 Å². The summed E-state index contributed by atoms with van der Waals surface area (Å²) in [4.78, 5) is 23.7. The maximum atomic E-state index is 12.6. The summed E-state index contributed by atoms with van der Waals surface area (Å²) in [5.74, 6) is -0.428. The van der Waals surface area contributed by atoms with Crippen LogP contribution in [0.1, 0.15) is 92.9 Å². The Morgan fingerprint density at radius 1 is 1.30 bits per heavy atom. The molecule has 3 aliphatic rings.